The molecule has 0 unspecified atom stereocenters. The Morgan fingerprint density at radius 3 is 2.44 bits per heavy atom. The third kappa shape index (κ3) is 3.56. The summed E-state index contributed by atoms with van der Waals surface area (Å²) in [4.78, 5) is 26.6. The molecular formula is C22H20ClNO2S. The third-order valence-electron chi connectivity index (χ3n) is 5.40. The van der Waals surface area contributed by atoms with Gasteiger partial charge in [-0.2, -0.15) is 0 Å². The van der Waals surface area contributed by atoms with Crippen LogP contribution < -0.4 is 5.32 Å². The van der Waals surface area contributed by atoms with Crippen LogP contribution in [0.1, 0.15) is 42.2 Å². The van der Waals surface area contributed by atoms with E-state index in [0.717, 1.165) is 22.4 Å². The van der Waals surface area contributed by atoms with Crippen LogP contribution in [-0.2, 0) is 9.59 Å². The molecular weight excluding hydrogens is 378 g/mol. The molecule has 4 rings (SSSR count). The molecule has 5 heteroatoms. The zero-order valence-electron chi connectivity index (χ0n) is 15.0. The van der Waals surface area contributed by atoms with Crippen molar-refractivity contribution >= 4 is 35.1 Å². The predicted molar refractivity (Wildman–Crippen MR) is 109 cm³/mol. The van der Waals surface area contributed by atoms with Gasteiger partial charge in [0.05, 0.1) is 0 Å². The molecule has 1 aliphatic heterocycles. The average Bonchev–Trinajstić information content (AvgIpc) is 2.67. The molecule has 0 fully saturated rings. The first-order chi connectivity index (χ1) is 13.1. The number of amides is 1. The van der Waals surface area contributed by atoms with E-state index in [1.807, 2.05) is 54.8 Å². The molecule has 138 valence electrons. The summed E-state index contributed by atoms with van der Waals surface area (Å²) in [5, 5.41) is 3.63. The van der Waals surface area contributed by atoms with Crippen molar-refractivity contribution < 1.29 is 9.59 Å². The number of halogens is 1. The van der Waals surface area contributed by atoms with Crippen molar-refractivity contribution in [2.75, 3.05) is 6.26 Å². The molecule has 1 heterocycles. The fourth-order valence-corrected chi connectivity index (χ4v) is 4.81. The van der Waals surface area contributed by atoms with Crippen LogP contribution in [0.15, 0.2) is 64.7 Å². The van der Waals surface area contributed by atoms with Crippen molar-refractivity contribution in [3.63, 3.8) is 0 Å². The Labute approximate surface area is 168 Å². The summed E-state index contributed by atoms with van der Waals surface area (Å²) >= 11 is 8.02. The molecule has 2 aliphatic rings. The molecule has 0 radical (unpaired) electrons. The quantitative estimate of drug-likeness (QED) is 0.736. The van der Waals surface area contributed by atoms with Crippen molar-refractivity contribution in [1.29, 1.82) is 0 Å². The lowest BCUT2D eigenvalue weighted by molar-refractivity contribution is -0.122. The summed E-state index contributed by atoms with van der Waals surface area (Å²) in [5.41, 5.74) is 3.54. The van der Waals surface area contributed by atoms with Crippen LogP contribution >= 0.6 is 23.4 Å². The molecule has 1 aliphatic carbocycles. The highest BCUT2D eigenvalue weighted by molar-refractivity contribution is 7.98. The number of ketones is 1. The smallest absolute Gasteiger partial charge is 0.225 e. The fourth-order valence-electron chi connectivity index (χ4n) is 4.11. The largest absolute Gasteiger partial charge is 0.329 e. The summed E-state index contributed by atoms with van der Waals surface area (Å²) in [6.07, 6.45) is 3.41. The van der Waals surface area contributed by atoms with Gasteiger partial charge >= 0.3 is 0 Å². The number of thioether (sulfide) groups is 1. The minimum Gasteiger partial charge on any atom is -0.329 e. The van der Waals surface area contributed by atoms with Gasteiger partial charge in [0.15, 0.2) is 5.78 Å². The Kier molecular flexibility index (Phi) is 5.11. The number of carbonyl (C=O) groups excluding carboxylic acids is 2. The molecule has 27 heavy (non-hydrogen) atoms. The second-order valence-electron chi connectivity index (χ2n) is 7.02. The fraction of sp³-hybridized carbons (Fsp3) is 0.273. The highest BCUT2D eigenvalue weighted by Crippen LogP contribution is 2.43. The maximum Gasteiger partial charge on any atom is 0.225 e. The molecule has 2 aromatic rings. The van der Waals surface area contributed by atoms with Gasteiger partial charge < -0.3 is 5.32 Å². The number of rotatable bonds is 3. The van der Waals surface area contributed by atoms with Gasteiger partial charge in [-0.25, -0.2) is 0 Å². The maximum atomic E-state index is 13.1. The van der Waals surface area contributed by atoms with Gasteiger partial charge in [0.2, 0.25) is 5.91 Å². The van der Waals surface area contributed by atoms with Crippen LogP contribution in [0.4, 0.5) is 0 Å². The Balaban J connectivity index is 1.70. The van der Waals surface area contributed by atoms with Crippen molar-refractivity contribution in [1.82, 2.24) is 5.32 Å². The minimum absolute atomic E-state index is 0.00265. The van der Waals surface area contributed by atoms with E-state index in [1.54, 1.807) is 11.8 Å². The molecule has 1 N–H and O–H groups in total. The first kappa shape index (κ1) is 18.3. The number of hydrogen-bond acceptors (Lipinski definition) is 3. The predicted octanol–water partition coefficient (Wildman–Crippen LogP) is 5.07. The number of hydrogen-bond donors (Lipinski definition) is 1. The molecule has 0 spiro atoms. The van der Waals surface area contributed by atoms with Gasteiger partial charge in [0.25, 0.3) is 0 Å². The van der Waals surface area contributed by atoms with Gasteiger partial charge in [0, 0.05) is 39.9 Å². The van der Waals surface area contributed by atoms with E-state index in [-0.39, 0.29) is 23.5 Å². The van der Waals surface area contributed by atoms with Crippen LogP contribution in [0.5, 0.6) is 0 Å². The third-order valence-corrected chi connectivity index (χ3v) is 6.49. The van der Waals surface area contributed by atoms with E-state index >= 15 is 0 Å². The lowest BCUT2D eigenvalue weighted by atomic mass is 9.73. The highest BCUT2D eigenvalue weighted by atomic mass is 35.5. The Morgan fingerprint density at radius 1 is 1.00 bits per heavy atom. The monoisotopic (exact) mass is 397 g/mol. The van der Waals surface area contributed by atoms with E-state index in [9.17, 15) is 9.59 Å². The number of allylic oxidation sites excluding steroid dienone is 2. The SMILES string of the molecule is CSc1ccc([C@@H]2CC(=O)NC3=C2C(=O)C[C@H](c2ccccc2Cl)C3)cc1. The summed E-state index contributed by atoms with van der Waals surface area (Å²) < 4.78 is 0. The summed E-state index contributed by atoms with van der Waals surface area (Å²) in [6.45, 7) is 0. The van der Waals surface area contributed by atoms with Gasteiger partial charge in [-0.1, -0.05) is 41.9 Å². The molecule has 0 bridgehead atoms. The molecule has 0 aromatic heterocycles. The Hall–Kier alpha value is -2.04. The number of Topliss-reactive ketones (excluding diaryl/α,β-unsaturated/α-hetero) is 1. The van der Waals surface area contributed by atoms with E-state index in [2.05, 4.69) is 5.32 Å². The molecule has 2 aromatic carbocycles. The first-order valence-corrected chi connectivity index (χ1v) is 10.6. The molecule has 3 nitrogen and oxygen atoms in total. The van der Waals surface area contributed by atoms with Crippen LogP contribution in [0, 0.1) is 0 Å². The second-order valence-corrected chi connectivity index (χ2v) is 8.31. The topological polar surface area (TPSA) is 46.2 Å². The van der Waals surface area contributed by atoms with Gasteiger partial charge in [-0.3, -0.25) is 9.59 Å². The lowest BCUT2D eigenvalue weighted by Crippen LogP contribution is -2.38. The highest BCUT2D eigenvalue weighted by Gasteiger charge is 2.38. The van der Waals surface area contributed by atoms with Crippen molar-refractivity contribution in [3.8, 4) is 0 Å². The zero-order valence-corrected chi connectivity index (χ0v) is 16.6. The first-order valence-electron chi connectivity index (χ1n) is 9.01. The van der Waals surface area contributed by atoms with Crippen LogP contribution in [0.3, 0.4) is 0 Å². The zero-order chi connectivity index (χ0) is 19.0. The van der Waals surface area contributed by atoms with Gasteiger partial charge in [-0.15, -0.1) is 11.8 Å². The second kappa shape index (κ2) is 7.53. The molecule has 2 atom stereocenters. The maximum absolute atomic E-state index is 13.1. The Morgan fingerprint density at radius 2 is 1.74 bits per heavy atom. The van der Waals surface area contributed by atoms with E-state index in [1.165, 1.54) is 4.90 Å². The van der Waals surface area contributed by atoms with Gasteiger partial charge in [0.1, 0.15) is 0 Å². The lowest BCUT2D eigenvalue weighted by Gasteiger charge is -2.34. The van der Waals surface area contributed by atoms with E-state index in [0.29, 0.717) is 24.3 Å². The van der Waals surface area contributed by atoms with Crippen molar-refractivity contribution in [2.45, 2.75) is 36.0 Å². The number of nitrogens with one attached hydrogen (secondary N) is 1. The number of carbonyl (C=O) groups is 2. The summed E-state index contributed by atoms with van der Waals surface area (Å²) in [6, 6.07) is 15.8. The molecule has 0 saturated carbocycles. The Bertz CT molecular complexity index is 936. The van der Waals surface area contributed by atoms with Gasteiger partial charge in [-0.05, 0) is 47.9 Å². The summed E-state index contributed by atoms with van der Waals surface area (Å²) in [7, 11) is 0. The standard InChI is InChI=1S/C22H20ClNO2S/c1-27-15-8-6-13(7-9-15)17-12-21(26)24-19-10-14(11-20(25)22(17)19)16-4-2-3-5-18(16)23/h2-9,14,17H,10-12H2,1H3,(H,24,26)/t14-,17+/m1/s1. The van der Waals surface area contributed by atoms with Crippen LogP contribution in [0.25, 0.3) is 0 Å². The van der Waals surface area contributed by atoms with E-state index < -0.39 is 0 Å². The normalized spacial score (nSPS) is 22.4. The van der Waals surface area contributed by atoms with E-state index in [4.69, 9.17) is 11.6 Å². The van der Waals surface area contributed by atoms with Crippen molar-refractivity contribution in [2.24, 2.45) is 0 Å². The number of benzene rings is 2. The minimum atomic E-state index is -0.163. The molecule has 0 saturated heterocycles. The average molecular weight is 398 g/mol. The summed E-state index contributed by atoms with van der Waals surface area (Å²) in [5.74, 6) is -0.0763. The van der Waals surface area contributed by atoms with Crippen LogP contribution in [0.2, 0.25) is 5.02 Å². The van der Waals surface area contributed by atoms with Crippen LogP contribution in [-0.4, -0.2) is 17.9 Å². The van der Waals surface area contributed by atoms with Crippen molar-refractivity contribution in [3.05, 3.63) is 76.0 Å². The molecule has 1 amide bonds.